The number of aryl methyl sites for hydroxylation is 1. The summed E-state index contributed by atoms with van der Waals surface area (Å²) in [6, 6.07) is 7.09. The Hall–Kier alpha value is -3.03. The van der Waals surface area contributed by atoms with Gasteiger partial charge in [0.15, 0.2) is 11.3 Å². The van der Waals surface area contributed by atoms with Crippen molar-refractivity contribution in [1.82, 2.24) is 25.0 Å². The lowest BCUT2D eigenvalue weighted by Crippen LogP contribution is -2.38. The summed E-state index contributed by atoms with van der Waals surface area (Å²) in [6.45, 7) is 2.24. The van der Waals surface area contributed by atoms with Crippen molar-refractivity contribution >= 4 is 17.0 Å². The Morgan fingerprint density at radius 1 is 1.48 bits per heavy atom. The van der Waals surface area contributed by atoms with Crippen LogP contribution in [-0.4, -0.2) is 39.9 Å². The fraction of sp³-hybridized carbons (Fsp3) is 0.353. The molecule has 0 radical (unpaired) electrons. The summed E-state index contributed by atoms with van der Waals surface area (Å²) in [4.78, 5) is 18.1. The predicted octanol–water partition coefficient (Wildman–Crippen LogP) is 2.47. The molecule has 132 valence electrons. The fourth-order valence-electron chi connectivity index (χ4n) is 2.54. The number of benzene rings is 1. The number of urea groups is 1. The highest BCUT2D eigenvalue weighted by atomic mass is 16.5. The number of furan rings is 1. The quantitative estimate of drug-likeness (QED) is 0.769. The molecule has 0 saturated carbocycles. The molecule has 2 aromatic heterocycles. The molecule has 0 spiro atoms. The minimum absolute atomic E-state index is 0.220. The smallest absolute Gasteiger partial charge is 0.318 e. The van der Waals surface area contributed by atoms with E-state index in [9.17, 15) is 4.79 Å². The average Bonchev–Trinajstić information content (AvgIpc) is 3.20. The Morgan fingerprint density at radius 2 is 2.28 bits per heavy atom. The standard InChI is InChI=1S/C17H21N5O3/c1-11(14-8-12-6-5-7-13(24-4)16(12)25-14)20-17(23)21(2)9-15-18-10-19-22(15)3/h5-8,10-11H,9H2,1-4H3,(H,20,23)/t11-/m1/s1. The van der Waals surface area contributed by atoms with E-state index in [0.717, 1.165) is 5.39 Å². The maximum absolute atomic E-state index is 12.4. The van der Waals surface area contributed by atoms with E-state index in [1.165, 1.54) is 6.33 Å². The zero-order chi connectivity index (χ0) is 18.0. The van der Waals surface area contributed by atoms with Crippen LogP contribution in [0.15, 0.2) is 35.0 Å². The van der Waals surface area contributed by atoms with Gasteiger partial charge in [0.2, 0.25) is 0 Å². The van der Waals surface area contributed by atoms with Crippen molar-refractivity contribution < 1.29 is 13.9 Å². The maximum Gasteiger partial charge on any atom is 0.318 e. The molecule has 0 fully saturated rings. The average molecular weight is 343 g/mol. The van der Waals surface area contributed by atoms with Gasteiger partial charge < -0.3 is 19.4 Å². The van der Waals surface area contributed by atoms with Crippen molar-refractivity contribution in [2.45, 2.75) is 19.5 Å². The van der Waals surface area contributed by atoms with Crippen LogP contribution in [0.5, 0.6) is 5.75 Å². The molecule has 1 N–H and O–H groups in total. The predicted molar refractivity (Wildman–Crippen MR) is 92.2 cm³/mol. The number of para-hydroxylation sites is 1. The summed E-state index contributed by atoms with van der Waals surface area (Å²) >= 11 is 0. The monoisotopic (exact) mass is 343 g/mol. The van der Waals surface area contributed by atoms with E-state index in [1.54, 1.807) is 30.8 Å². The summed E-state index contributed by atoms with van der Waals surface area (Å²) in [7, 11) is 5.10. The molecule has 3 aromatic rings. The molecule has 1 atom stereocenters. The van der Waals surface area contributed by atoms with Gasteiger partial charge in [0.25, 0.3) is 0 Å². The highest BCUT2D eigenvalue weighted by molar-refractivity contribution is 5.84. The minimum Gasteiger partial charge on any atom is -0.493 e. The van der Waals surface area contributed by atoms with Gasteiger partial charge in [-0.3, -0.25) is 4.68 Å². The van der Waals surface area contributed by atoms with Crippen LogP contribution in [0, 0.1) is 0 Å². The number of methoxy groups -OCH3 is 1. The van der Waals surface area contributed by atoms with E-state index in [2.05, 4.69) is 15.4 Å². The van der Waals surface area contributed by atoms with E-state index in [-0.39, 0.29) is 12.1 Å². The number of rotatable bonds is 5. The number of carbonyl (C=O) groups is 1. The van der Waals surface area contributed by atoms with Crippen molar-refractivity contribution in [2.24, 2.45) is 7.05 Å². The molecule has 8 nitrogen and oxygen atoms in total. The first-order valence-electron chi connectivity index (χ1n) is 7.90. The van der Waals surface area contributed by atoms with Crippen molar-refractivity contribution in [2.75, 3.05) is 14.2 Å². The lowest BCUT2D eigenvalue weighted by atomic mass is 10.2. The van der Waals surface area contributed by atoms with Crippen LogP contribution < -0.4 is 10.1 Å². The Morgan fingerprint density at radius 3 is 2.96 bits per heavy atom. The summed E-state index contributed by atoms with van der Waals surface area (Å²) in [5.74, 6) is 2.04. The summed E-state index contributed by atoms with van der Waals surface area (Å²) in [5, 5.41) is 7.85. The van der Waals surface area contributed by atoms with Crippen LogP contribution in [0.1, 0.15) is 24.6 Å². The number of nitrogens with zero attached hydrogens (tertiary/aromatic N) is 4. The van der Waals surface area contributed by atoms with Crippen LogP contribution in [-0.2, 0) is 13.6 Å². The van der Waals surface area contributed by atoms with E-state index in [4.69, 9.17) is 9.15 Å². The first kappa shape index (κ1) is 16.8. The van der Waals surface area contributed by atoms with Crippen molar-refractivity contribution in [1.29, 1.82) is 0 Å². The molecule has 0 aliphatic carbocycles. The van der Waals surface area contributed by atoms with Crippen molar-refractivity contribution in [3.63, 3.8) is 0 Å². The van der Waals surface area contributed by atoms with Crippen LogP contribution in [0.2, 0.25) is 0 Å². The molecule has 0 saturated heterocycles. The molecule has 25 heavy (non-hydrogen) atoms. The van der Waals surface area contributed by atoms with Gasteiger partial charge in [-0.2, -0.15) is 5.10 Å². The van der Waals surface area contributed by atoms with E-state index in [0.29, 0.717) is 29.5 Å². The first-order valence-corrected chi connectivity index (χ1v) is 7.90. The molecule has 0 aliphatic rings. The summed E-state index contributed by atoms with van der Waals surface area (Å²) < 4.78 is 12.8. The highest BCUT2D eigenvalue weighted by Crippen LogP contribution is 2.30. The Bertz CT molecular complexity index is 885. The van der Waals surface area contributed by atoms with Crippen LogP contribution in [0.3, 0.4) is 0 Å². The minimum atomic E-state index is -0.286. The van der Waals surface area contributed by atoms with Crippen LogP contribution in [0.25, 0.3) is 11.0 Å². The molecule has 8 heteroatoms. The van der Waals surface area contributed by atoms with Gasteiger partial charge in [0, 0.05) is 19.5 Å². The topological polar surface area (TPSA) is 85.4 Å². The number of carbonyl (C=O) groups excluding carboxylic acids is 1. The number of hydrogen-bond donors (Lipinski definition) is 1. The van der Waals surface area contributed by atoms with Gasteiger partial charge in [-0.25, -0.2) is 9.78 Å². The van der Waals surface area contributed by atoms with Crippen molar-refractivity contribution in [3.8, 4) is 5.75 Å². The molecule has 3 rings (SSSR count). The Labute approximate surface area is 145 Å². The van der Waals surface area contributed by atoms with Gasteiger partial charge >= 0.3 is 6.03 Å². The highest BCUT2D eigenvalue weighted by Gasteiger charge is 2.19. The Balaban J connectivity index is 1.70. The normalized spacial score (nSPS) is 12.2. The van der Waals surface area contributed by atoms with E-state index in [1.807, 2.05) is 31.2 Å². The number of aromatic nitrogens is 3. The summed E-state index contributed by atoms with van der Waals surface area (Å²) in [6.07, 6.45) is 1.46. The number of nitrogens with one attached hydrogen (secondary N) is 1. The molecule has 0 bridgehead atoms. The lowest BCUT2D eigenvalue weighted by molar-refractivity contribution is 0.200. The number of fused-ring (bicyclic) bond motifs is 1. The molecule has 0 unspecified atom stereocenters. The molecule has 2 amide bonds. The molecule has 1 aromatic carbocycles. The van der Waals surface area contributed by atoms with Gasteiger partial charge in [-0.15, -0.1) is 0 Å². The SMILES string of the molecule is COc1cccc2cc([C@@H](C)NC(=O)N(C)Cc3ncnn3C)oc12. The zero-order valence-electron chi connectivity index (χ0n) is 14.7. The number of hydrogen-bond acceptors (Lipinski definition) is 5. The molecular weight excluding hydrogens is 322 g/mol. The van der Waals surface area contributed by atoms with E-state index >= 15 is 0 Å². The number of amides is 2. The third-order valence-electron chi connectivity index (χ3n) is 4.04. The third kappa shape index (κ3) is 3.42. The lowest BCUT2D eigenvalue weighted by Gasteiger charge is -2.20. The second-order valence-corrected chi connectivity index (χ2v) is 5.85. The van der Waals surface area contributed by atoms with Gasteiger partial charge in [-0.1, -0.05) is 12.1 Å². The van der Waals surface area contributed by atoms with Gasteiger partial charge in [0.1, 0.15) is 17.9 Å². The first-order chi connectivity index (χ1) is 12.0. The van der Waals surface area contributed by atoms with E-state index < -0.39 is 0 Å². The fourth-order valence-corrected chi connectivity index (χ4v) is 2.54. The molecule has 0 aliphatic heterocycles. The van der Waals surface area contributed by atoms with Crippen LogP contribution >= 0.6 is 0 Å². The molecule has 2 heterocycles. The second-order valence-electron chi connectivity index (χ2n) is 5.85. The zero-order valence-corrected chi connectivity index (χ0v) is 14.7. The summed E-state index contributed by atoms with van der Waals surface area (Å²) in [5.41, 5.74) is 0.675. The largest absolute Gasteiger partial charge is 0.493 e. The third-order valence-corrected chi connectivity index (χ3v) is 4.04. The van der Waals surface area contributed by atoms with Gasteiger partial charge in [-0.05, 0) is 19.1 Å². The van der Waals surface area contributed by atoms with Crippen molar-refractivity contribution in [3.05, 3.63) is 42.2 Å². The maximum atomic E-state index is 12.4. The molecular formula is C17H21N5O3. The Kier molecular flexibility index (Phi) is 4.60. The van der Waals surface area contributed by atoms with Gasteiger partial charge in [0.05, 0.1) is 19.7 Å². The number of ether oxygens (including phenoxy) is 1. The van der Waals surface area contributed by atoms with Crippen LogP contribution in [0.4, 0.5) is 4.79 Å². The second kappa shape index (κ2) is 6.84.